The van der Waals surface area contributed by atoms with Crippen molar-refractivity contribution in [2.45, 2.75) is 38.8 Å². The van der Waals surface area contributed by atoms with Crippen molar-refractivity contribution < 1.29 is 37.7 Å². The number of carboxylic acid groups (broad SMARTS) is 1. The molecule has 5 rings (SSSR count). The van der Waals surface area contributed by atoms with E-state index in [-0.39, 0.29) is 74.4 Å². The van der Waals surface area contributed by atoms with Crippen LogP contribution in [0.4, 0.5) is 23.4 Å². The second-order valence-electron chi connectivity index (χ2n) is 10.8. The van der Waals surface area contributed by atoms with Crippen LogP contribution in [-0.2, 0) is 4.74 Å². The van der Waals surface area contributed by atoms with Crippen molar-refractivity contribution in [3.63, 3.8) is 0 Å². The fourth-order valence-electron chi connectivity index (χ4n) is 5.11. The highest BCUT2D eigenvalue weighted by molar-refractivity contribution is 7.23. The van der Waals surface area contributed by atoms with Crippen molar-refractivity contribution in [2.75, 3.05) is 31.6 Å². The van der Waals surface area contributed by atoms with E-state index >= 15 is 4.39 Å². The molecule has 0 radical (unpaired) electrons. The van der Waals surface area contributed by atoms with Gasteiger partial charge < -0.3 is 24.4 Å². The highest BCUT2D eigenvalue weighted by Crippen LogP contribution is 2.48. The molecule has 1 atom stereocenters. The van der Waals surface area contributed by atoms with Gasteiger partial charge in [0.25, 0.3) is 5.91 Å². The standard InChI is InChI=1S/C28H25ClF2N4O6S/c1-28(2,3)41-26(37)33-24-16(11-32)19-14(4-5-17(30)23(19)42-24)20-18(31)10-15-22(21(20)29)40-9-6-13-12-34(27(38)39)7-8-35(13)25(15)36/h4-5,10,13H,6-9,12H2,1-3H3,(H,33,37)(H,38,39). The van der Waals surface area contributed by atoms with Crippen molar-refractivity contribution in [1.82, 2.24) is 9.80 Å². The van der Waals surface area contributed by atoms with Gasteiger partial charge in [-0.2, -0.15) is 5.26 Å². The number of nitriles is 1. The molecule has 0 bridgehead atoms. The molecular weight excluding hydrogens is 594 g/mol. The van der Waals surface area contributed by atoms with Gasteiger partial charge in [-0.3, -0.25) is 10.1 Å². The predicted octanol–water partition coefficient (Wildman–Crippen LogP) is 6.31. The average molecular weight is 619 g/mol. The predicted molar refractivity (Wildman–Crippen MR) is 151 cm³/mol. The molecule has 2 aliphatic rings. The number of ether oxygens (including phenoxy) is 2. The molecule has 0 aliphatic carbocycles. The maximum atomic E-state index is 15.9. The van der Waals surface area contributed by atoms with E-state index in [1.165, 1.54) is 15.9 Å². The number of hydrogen-bond acceptors (Lipinski definition) is 7. The zero-order valence-electron chi connectivity index (χ0n) is 22.7. The molecule has 42 heavy (non-hydrogen) atoms. The van der Waals surface area contributed by atoms with E-state index in [9.17, 15) is 29.1 Å². The highest BCUT2D eigenvalue weighted by atomic mass is 35.5. The van der Waals surface area contributed by atoms with E-state index in [1.54, 1.807) is 20.8 Å². The molecule has 1 fully saturated rings. The number of nitrogens with zero attached hydrogens (tertiary/aromatic N) is 3. The molecule has 10 nitrogen and oxygen atoms in total. The van der Waals surface area contributed by atoms with E-state index in [4.69, 9.17) is 21.1 Å². The maximum absolute atomic E-state index is 15.9. The molecule has 2 aliphatic heterocycles. The first kappa shape index (κ1) is 29.3. The smallest absolute Gasteiger partial charge is 0.412 e. The molecule has 0 saturated carbocycles. The van der Waals surface area contributed by atoms with Gasteiger partial charge in [-0.05, 0) is 38.5 Å². The first-order valence-corrected chi connectivity index (χ1v) is 14.1. The molecule has 1 aromatic heterocycles. The zero-order valence-corrected chi connectivity index (χ0v) is 24.3. The Kier molecular flexibility index (Phi) is 7.63. The number of hydrogen-bond donors (Lipinski definition) is 2. The largest absolute Gasteiger partial charge is 0.491 e. The lowest BCUT2D eigenvalue weighted by atomic mass is 9.95. The lowest BCUT2D eigenvalue weighted by Gasteiger charge is -2.41. The van der Waals surface area contributed by atoms with Crippen molar-refractivity contribution in [1.29, 1.82) is 5.26 Å². The average Bonchev–Trinajstić information content (AvgIpc) is 3.27. The SMILES string of the molecule is CC(C)(C)OC(=O)Nc1sc2c(F)ccc(-c3c(F)cc4c(c3Cl)OCCC3CN(C(=O)O)CCN3C4=O)c2c1C#N. The Morgan fingerprint density at radius 3 is 2.64 bits per heavy atom. The number of benzene rings is 2. The van der Waals surface area contributed by atoms with Crippen LogP contribution < -0.4 is 10.1 Å². The number of thiophene rings is 1. The molecule has 1 unspecified atom stereocenters. The molecule has 2 aromatic carbocycles. The second kappa shape index (κ2) is 10.9. The number of fused-ring (bicyclic) bond motifs is 3. The van der Waals surface area contributed by atoms with Crippen LogP contribution in [0, 0.1) is 23.0 Å². The highest BCUT2D eigenvalue weighted by Gasteiger charge is 2.37. The first-order chi connectivity index (χ1) is 19.8. The summed E-state index contributed by atoms with van der Waals surface area (Å²) in [5.74, 6) is -2.25. The Morgan fingerprint density at radius 2 is 1.98 bits per heavy atom. The Balaban J connectivity index is 1.61. The van der Waals surface area contributed by atoms with Gasteiger partial charge in [0.15, 0.2) is 5.75 Å². The summed E-state index contributed by atoms with van der Waals surface area (Å²) in [6, 6.07) is 4.85. The Bertz CT molecular complexity index is 1680. The Labute approximate surface area is 248 Å². The molecule has 3 amide bonds. The summed E-state index contributed by atoms with van der Waals surface area (Å²) in [6.07, 6.45) is -1.64. The number of rotatable bonds is 2. The normalized spacial score (nSPS) is 17.0. The van der Waals surface area contributed by atoms with Gasteiger partial charge in [-0.25, -0.2) is 18.4 Å². The molecule has 2 N–H and O–H groups in total. The van der Waals surface area contributed by atoms with E-state index in [0.717, 1.165) is 23.5 Å². The minimum atomic E-state index is -1.09. The maximum Gasteiger partial charge on any atom is 0.412 e. The third-order valence-corrected chi connectivity index (χ3v) is 8.38. The van der Waals surface area contributed by atoms with Gasteiger partial charge >= 0.3 is 12.2 Å². The summed E-state index contributed by atoms with van der Waals surface area (Å²) >= 11 is 7.50. The second-order valence-corrected chi connectivity index (χ2v) is 12.2. The number of piperazine rings is 1. The van der Waals surface area contributed by atoms with Gasteiger partial charge in [0.2, 0.25) is 0 Å². The summed E-state index contributed by atoms with van der Waals surface area (Å²) in [5.41, 5.74) is -1.23. The lowest BCUT2D eigenvalue weighted by Crippen LogP contribution is -2.57. The summed E-state index contributed by atoms with van der Waals surface area (Å²) in [4.78, 5) is 40.1. The van der Waals surface area contributed by atoms with E-state index in [0.29, 0.717) is 6.42 Å². The van der Waals surface area contributed by atoms with E-state index in [2.05, 4.69) is 5.32 Å². The molecule has 220 valence electrons. The van der Waals surface area contributed by atoms with Crippen LogP contribution in [0.25, 0.3) is 21.2 Å². The van der Waals surface area contributed by atoms with Crippen LogP contribution in [0.5, 0.6) is 5.75 Å². The summed E-state index contributed by atoms with van der Waals surface area (Å²) in [5, 5.41) is 21.6. The lowest BCUT2D eigenvalue weighted by molar-refractivity contribution is 0.0374. The third kappa shape index (κ3) is 5.28. The number of carbonyl (C=O) groups is 3. The minimum absolute atomic E-state index is 0.00820. The Hall–Kier alpha value is -4.15. The molecule has 0 spiro atoms. The van der Waals surface area contributed by atoms with E-state index in [1.807, 2.05) is 6.07 Å². The van der Waals surface area contributed by atoms with Gasteiger partial charge in [0.05, 0.1) is 33.5 Å². The Morgan fingerprint density at radius 1 is 1.24 bits per heavy atom. The van der Waals surface area contributed by atoms with Crippen LogP contribution >= 0.6 is 22.9 Å². The van der Waals surface area contributed by atoms with Crippen LogP contribution in [0.15, 0.2) is 18.2 Å². The zero-order chi connectivity index (χ0) is 30.5. The van der Waals surface area contributed by atoms with Crippen LogP contribution in [0.3, 0.4) is 0 Å². The van der Waals surface area contributed by atoms with Gasteiger partial charge in [0, 0.05) is 37.0 Å². The number of halogens is 3. The van der Waals surface area contributed by atoms with Crippen molar-refractivity contribution in [3.8, 4) is 22.9 Å². The molecule has 3 heterocycles. The number of nitrogens with one attached hydrogen (secondary N) is 1. The summed E-state index contributed by atoms with van der Waals surface area (Å²) in [7, 11) is 0. The fraction of sp³-hybridized carbons (Fsp3) is 0.357. The number of anilines is 1. The molecule has 3 aromatic rings. The van der Waals surface area contributed by atoms with E-state index < -0.39 is 41.4 Å². The van der Waals surface area contributed by atoms with Gasteiger partial charge in [-0.1, -0.05) is 17.7 Å². The van der Waals surface area contributed by atoms with Crippen molar-refractivity contribution in [3.05, 3.63) is 46.0 Å². The van der Waals surface area contributed by atoms with Gasteiger partial charge in [-0.15, -0.1) is 11.3 Å². The summed E-state index contributed by atoms with van der Waals surface area (Å²) < 4.78 is 42.0. The summed E-state index contributed by atoms with van der Waals surface area (Å²) in [6.45, 7) is 5.35. The van der Waals surface area contributed by atoms with Crippen LogP contribution in [0.1, 0.15) is 43.1 Å². The van der Waals surface area contributed by atoms with Crippen molar-refractivity contribution in [2.24, 2.45) is 0 Å². The van der Waals surface area contributed by atoms with Crippen molar-refractivity contribution >= 4 is 56.1 Å². The monoisotopic (exact) mass is 618 g/mol. The van der Waals surface area contributed by atoms with Gasteiger partial charge in [0.1, 0.15) is 28.3 Å². The molecule has 14 heteroatoms. The minimum Gasteiger partial charge on any atom is -0.491 e. The van der Waals surface area contributed by atoms with Crippen LogP contribution in [-0.4, -0.2) is 70.9 Å². The third-order valence-electron chi connectivity index (χ3n) is 6.90. The topological polar surface area (TPSA) is 132 Å². The molecule has 1 saturated heterocycles. The number of amides is 3. The number of carbonyl (C=O) groups excluding carboxylic acids is 2. The quantitative estimate of drug-likeness (QED) is 0.344. The molecular formula is C28H25ClF2N4O6S. The fourth-order valence-corrected chi connectivity index (χ4v) is 6.53. The van der Waals surface area contributed by atoms with Crippen LogP contribution in [0.2, 0.25) is 5.02 Å². The first-order valence-electron chi connectivity index (χ1n) is 12.9.